The zero-order chi connectivity index (χ0) is 15.7. The molecular formula is C19H16Br2O. The summed E-state index contributed by atoms with van der Waals surface area (Å²) in [4.78, 5) is 0. The summed E-state index contributed by atoms with van der Waals surface area (Å²) in [7, 11) is 1.73. The first-order chi connectivity index (χ1) is 10.6. The van der Waals surface area contributed by atoms with Crippen LogP contribution in [-0.4, -0.2) is 7.11 Å². The first kappa shape index (κ1) is 15.6. The Labute approximate surface area is 147 Å². The van der Waals surface area contributed by atoms with Crippen LogP contribution in [0.5, 0.6) is 5.75 Å². The molecule has 112 valence electrons. The van der Waals surface area contributed by atoms with Crippen LogP contribution in [0, 0.1) is 6.92 Å². The van der Waals surface area contributed by atoms with Crippen LogP contribution in [0.25, 0.3) is 10.8 Å². The van der Waals surface area contributed by atoms with Crippen molar-refractivity contribution in [1.82, 2.24) is 0 Å². The SMILES string of the molecule is COc1c(Cc2ccc(C)cc2)cc2cc(Br)ccc2c1Br. The molecule has 0 N–H and O–H groups in total. The number of rotatable bonds is 3. The monoisotopic (exact) mass is 418 g/mol. The van der Waals surface area contributed by atoms with Gasteiger partial charge in [0, 0.05) is 16.5 Å². The Kier molecular flexibility index (Phi) is 4.55. The lowest BCUT2D eigenvalue weighted by Crippen LogP contribution is -1.96. The zero-order valence-electron chi connectivity index (χ0n) is 12.5. The molecular weight excluding hydrogens is 404 g/mol. The molecule has 0 aliphatic heterocycles. The lowest BCUT2D eigenvalue weighted by molar-refractivity contribution is 0.408. The summed E-state index contributed by atoms with van der Waals surface area (Å²) in [6, 6.07) is 17.1. The van der Waals surface area contributed by atoms with E-state index in [0.717, 1.165) is 26.5 Å². The molecule has 0 aliphatic carbocycles. The first-order valence-corrected chi connectivity index (χ1v) is 8.67. The van der Waals surface area contributed by atoms with Crippen molar-refractivity contribution in [2.75, 3.05) is 7.11 Å². The highest BCUT2D eigenvalue weighted by Crippen LogP contribution is 2.38. The minimum Gasteiger partial charge on any atom is -0.495 e. The second kappa shape index (κ2) is 6.43. The van der Waals surface area contributed by atoms with Gasteiger partial charge in [0.05, 0.1) is 11.6 Å². The Bertz CT molecular complexity index is 823. The van der Waals surface area contributed by atoms with Crippen molar-refractivity contribution >= 4 is 42.6 Å². The van der Waals surface area contributed by atoms with Crippen LogP contribution in [-0.2, 0) is 6.42 Å². The Morgan fingerprint density at radius 2 is 1.68 bits per heavy atom. The maximum Gasteiger partial charge on any atom is 0.137 e. The van der Waals surface area contributed by atoms with Crippen LogP contribution >= 0.6 is 31.9 Å². The highest BCUT2D eigenvalue weighted by atomic mass is 79.9. The Balaban J connectivity index is 2.12. The van der Waals surface area contributed by atoms with Crippen molar-refractivity contribution in [3.8, 4) is 5.75 Å². The number of ether oxygens (including phenoxy) is 1. The van der Waals surface area contributed by atoms with E-state index in [1.807, 2.05) is 6.07 Å². The van der Waals surface area contributed by atoms with Gasteiger partial charge in [0.2, 0.25) is 0 Å². The van der Waals surface area contributed by atoms with E-state index in [2.05, 4.69) is 81.2 Å². The number of benzene rings is 3. The summed E-state index contributed by atoms with van der Waals surface area (Å²) in [5.41, 5.74) is 3.74. The standard InChI is InChI=1S/C19H16Br2O/c1-12-3-5-13(6-4-12)9-15-10-14-11-16(20)7-8-17(14)18(21)19(15)22-2/h3-8,10-11H,9H2,1-2H3. The topological polar surface area (TPSA) is 9.23 Å². The molecule has 1 nitrogen and oxygen atoms in total. The molecule has 0 aromatic heterocycles. The molecule has 0 bridgehead atoms. The van der Waals surface area contributed by atoms with Gasteiger partial charge in [0.15, 0.2) is 0 Å². The van der Waals surface area contributed by atoms with Gasteiger partial charge in [-0.2, -0.15) is 0 Å². The molecule has 3 rings (SSSR count). The second-order valence-electron chi connectivity index (χ2n) is 5.41. The molecule has 0 unspecified atom stereocenters. The molecule has 0 radical (unpaired) electrons. The van der Waals surface area contributed by atoms with E-state index in [-0.39, 0.29) is 0 Å². The predicted molar refractivity (Wildman–Crippen MR) is 99.9 cm³/mol. The summed E-state index contributed by atoms with van der Waals surface area (Å²) >= 11 is 7.25. The molecule has 0 saturated carbocycles. The van der Waals surface area contributed by atoms with Crippen molar-refractivity contribution in [1.29, 1.82) is 0 Å². The quantitative estimate of drug-likeness (QED) is 0.485. The number of aryl methyl sites for hydroxylation is 1. The largest absolute Gasteiger partial charge is 0.495 e. The molecule has 3 heteroatoms. The molecule has 0 atom stereocenters. The molecule has 0 aliphatic rings. The minimum atomic E-state index is 0.852. The number of hydrogen-bond acceptors (Lipinski definition) is 1. The van der Waals surface area contributed by atoms with Gasteiger partial charge in [-0.25, -0.2) is 0 Å². The third-order valence-corrected chi connectivity index (χ3v) is 5.07. The van der Waals surface area contributed by atoms with Crippen molar-refractivity contribution in [2.24, 2.45) is 0 Å². The zero-order valence-corrected chi connectivity index (χ0v) is 15.7. The van der Waals surface area contributed by atoms with E-state index in [0.29, 0.717) is 0 Å². The number of fused-ring (bicyclic) bond motifs is 1. The van der Waals surface area contributed by atoms with Gasteiger partial charge in [-0.05, 0) is 57.4 Å². The van der Waals surface area contributed by atoms with E-state index in [9.17, 15) is 0 Å². The third-order valence-electron chi connectivity index (χ3n) is 3.79. The van der Waals surface area contributed by atoms with Crippen LogP contribution in [0.15, 0.2) is 57.5 Å². The second-order valence-corrected chi connectivity index (χ2v) is 7.12. The van der Waals surface area contributed by atoms with Gasteiger partial charge >= 0.3 is 0 Å². The molecule has 0 heterocycles. The molecule has 0 spiro atoms. The van der Waals surface area contributed by atoms with Crippen LogP contribution in [0.2, 0.25) is 0 Å². The van der Waals surface area contributed by atoms with E-state index >= 15 is 0 Å². The average Bonchev–Trinajstić information content (AvgIpc) is 2.49. The van der Waals surface area contributed by atoms with Crippen LogP contribution < -0.4 is 4.74 Å². The summed E-state index contributed by atoms with van der Waals surface area (Å²) in [6.07, 6.45) is 0.852. The number of methoxy groups -OCH3 is 1. The van der Waals surface area contributed by atoms with Gasteiger partial charge in [-0.1, -0.05) is 51.8 Å². The smallest absolute Gasteiger partial charge is 0.137 e. The van der Waals surface area contributed by atoms with Gasteiger partial charge in [-0.15, -0.1) is 0 Å². The van der Waals surface area contributed by atoms with Crippen molar-refractivity contribution in [3.05, 3.63) is 74.2 Å². The van der Waals surface area contributed by atoms with Crippen LogP contribution in [0.1, 0.15) is 16.7 Å². The van der Waals surface area contributed by atoms with Gasteiger partial charge < -0.3 is 4.74 Å². The van der Waals surface area contributed by atoms with E-state index < -0.39 is 0 Å². The van der Waals surface area contributed by atoms with Crippen molar-refractivity contribution in [2.45, 2.75) is 13.3 Å². The summed E-state index contributed by atoms with van der Waals surface area (Å²) in [5, 5.41) is 2.36. The molecule has 3 aromatic carbocycles. The van der Waals surface area contributed by atoms with Crippen LogP contribution in [0.3, 0.4) is 0 Å². The fourth-order valence-electron chi connectivity index (χ4n) is 2.65. The summed E-state index contributed by atoms with van der Waals surface area (Å²) < 4.78 is 7.75. The minimum absolute atomic E-state index is 0.852. The van der Waals surface area contributed by atoms with Gasteiger partial charge in [0.1, 0.15) is 5.75 Å². The lowest BCUT2D eigenvalue weighted by atomic mass is 9.99. The molecule has 0 saturated heterocycles. The average molecular weight is 420 g/mol. The Morgan fingerprint density at radius 3 is 2.36 bits per heavy atom. The third kappa shape index (κ3) is 3.06. The predicted octanol–water partition coefficient (Wildman–Crippen LogP) is 6.27. The van der Waals surface area contributed by atoms with Crippen LogP contribution in [0.4, 0.5) is 0 Å². The molecule has 0 fully saturated rings. The van der Waals surface area contributed by atoms with E-state index in [1.165, 1.54) is 22.1 Å². The summed E-state index contributed by atoms with van der Waals surface area (Å²) in [6.45, 7) is 2.11. The van der Waals surface area contributed by atoms with Gasteiger partial charge in [-0.3, -0.25) is 0 Å². The first-order valence-electron chi connectivity index (χ1n) is 7.08. The Hall–Kier alpha value is -1.32. The summed E-state index contributed by atoms with van der Waals surface area (Å²) in [5.74, 6) is 0.912. The van der Waals surface area contributed by atoms with E-state index in [4.69, 9.17) is 4.74 Å². The molecule has 0 amide bonds. The molecule has 3 aromatic rings. The maximum atomic E-state index is 5.65. The fraction of sp³-hybridized carbons (Fsp3) is 0.158. The van der Waals surface area contributed by atoms with Crippen molar-refractivity contribution < 1.29 is 4.74 Å². The van der Waals surface area contributed by atoms with E-state index in [1.54, 1.807) is 7.11 Å². The normalized spacial score (nSPS) is 10.9. The number of hydrogen-bond donors (Lipinski definition) is 0. The highest BCUT2D eigenvalue weighted by molar-refractivity contribution is 9.11. The maximum absolute atomic E-state index is 5.65. The molecule has 22 heavy (non-hydrogen) atoms. The highest BCUT2D eigenvalue weighted by Gasteiger charge is 2.13. The van der Waals surface area contributed by atoms with Crippen molar-refractivity contribution in [3.63, 3.8) is 0 Å². The lowest BCUT2D eigenvalue weighted by Gasteiger charge is -2.14. The number of halogens is 2. The Morgan fingerprint density at radius 1 is 0.955 bits per heavy atom. The van der Waals surface area contributed by atoms with Gasteiger partial charge in [0.25, 0.3) is 0 Å². The fourth-order valence-corrected chi connectivity index (χ4v) is 3.80.